The van der Waals surface area contributed by atoms with Crippen LogP contribution in [0.15, 0.2) is 6.07 Å². The van der Waals surface area contributed by atoms with Gasteiger partial charge in [0.05, 0.1) is 0 Å². The largest absolute Gasteiger partial charge is 0.356 e. The van der Waals surface area contributed by atoms with Crippen LogP contribution in [0.2, 0.25) is 0 Å². The summed E-state index contributed by atoms with van der Waals surface area (Å²) < 4.78 is 0. The predicted octanol–water partition coefficient (Wildman–Crippen LogP) is 2.80. The van der Waals surface area contributed by atoms with Crippen molar-refractivity contribution in [1.82, 2.24) is 10.3 Å². The van der Waals surface area contributed by atoms with Crippen molar-refractivity contribution < 1.29 is 0 Å². The fourth-order valence-corrected chi connectivity index (χ4v) is 2.68. The molecule has 1 aliphatic heterocycles. The molecule has 1 aliphatic rings. The van der Waals surface area contributed by atoms with Gasteiger partial charge in [-0.05, 0) is 51.3 Å². The fraction of sp³-hybridized carbons (Fsp3) is 0.667. The van der Waals surface area contributed by atoms with Crippen LogP contribution in [0.4, 0.5) is 5.82 Å². The maximum absolute atomic E-state index is 4.80. The van der Waals surface area contributed by atoms with Gasteiger partial charge < -0.3 is 10.2 Å². The van der Waals surface area contributed by atoms with Gasteiger partial charge in [0.15, 0.2) is 0 Å². The maximum atomic E-state index is 4.80. The minimum atomic E-state index is 0.932. The van der Waals surface area contributed by atoms with Gasteiger partial charge in [-0.1, -0.05) is 6.92 Å². The van der Waals surface area contributed by atoms with Crippen LogP contribution >= 0.6 is 0 Å². The van der Waals surface area contributed by atoms with E-state index in [1.807, 2.05) is 0 Å². The van der Waals surface area contributed by atoms with E-state index < -0.39 is 0 Å². The van der Waals surface area contributed by atoms with E-state index in [0.29, 0.717) is 0 Å². The van der Waals surface area contributed by atoms with Crippen molar-refractivity contribution in [2.75, 3.05) is 24.5 Å². The number of aromatic nitrogens is 1. The van der Waals surface area contributed by atoms with Crippen molar-refractivity contribution in [1.29, 1.82) is 0 Å². The van der Waals surface area contributed by atoms with Gasteiger partial charge in [0.2, 0.25) is 0 Å². The third-order valence-electron chi connectivity index (χ3n) is 3.66. The Kier molecular flexibility index (Phi) is 4.59. The Morgan fingerprint density at radius 2 is 1.94 bits per heavy atom. The Balaban J connectivity index is 2.29. The Hall–Kier alpha value is -1.09. The first kappa shape index (κ1) is 13.3. The normalized spacial score (nSPS) is 16.1. The van der Waals surface area contributed by atoms with Gasteiger partial charge in [0.25, 0.3) is 0 Å². The summed E-state index contributed by atoms with van der Waals surface area (Å²) in [6.45, 7) is 10.7. The van der Waals surface area contributed by atoms with E-state index in [-0.39, 0.29) is 0 Å². The second-order valence-corrected chi connectivity index (χ2v) is 5.21. The van der Waals surface area contributed by atoms with Gasteiger partial charge in [-0.15, -0.1) is 0 Å². The van der Waals surface area contributed by atoms with E-state index in [1.54, 1.807) is 0 Å². The van der Waals surface area contributed by atoms with Crippen LogP contribution in [-0.2, 0) is 6.54 Å². The Morgan fingerprint density at radius 3 is 2.61 bits per heavy atom. The summed E-state index contributed by atoms with van der Waals surface area (Å²) in [5.74, 6) is 1.22. The van der Waals surface area contributed by atoms with E-state index in [0.717, 1.165) is 31.9 Å². The molecule has 0 radical (unpaired) electrons. The molecule has 0 aromatic carbocycles. The van der Waals surface area contributed by atoms with Crippen molar-refractivity contribution in [3.05, 3.63) is 22.9 Å². The monoisotopic (exact) mass is 247 g/mol. The zero-order valence-corrected chi connectivity index (χ0v) is 11.9. The number of rotatable bonds is 4. The lowest BCUT2D eigenvalue weighted by molar-refractivity contribution is 0.569. The van der Waals surface area contributed by atoms with Crippen LogP contribution in [-0.4, -0.2) is 24.6 Å². The molecule has 2 rings (SSSR count). The van der Waals surface area contributed by atoms with Gasteiger partial charge in [-0.3, -0.25) is 0 Å². The minimum Gasteiger partial charge on any atom is -0.356 e. The summed E-state index contributed by atoms with van der Waals surface area (Å²) in [5, 5.41) is 3.44. The number of hydrogen-bond acceptors (Lipinski definition) is 3. The van der Waals surface area contributed by atoms with E-state index in [9.17, 15) is 0 Å². The van der Waals surface area contributed by atoms with E-state index in [4.69, 9.17) is 4.98 Å². The third-order valence-corrected chi connectivity index (χ3v) is 3.66. The Morgan fingerprint density at radius 1 is 1.22 bits per heavy atom. The lowest BCUT2D eigenvalue weighted by atomic mass is 10.1. The number of pyridine rings is 1. The summed E-state index contributed by atoms with van der Waals surface area (Å²) in [6.07, 6.45) is 3.97. The lowest BCUT2D eigenvalue weighted by Gasteiger charge is -2.30. The first-order chi connectivity index (χ1) is 8.72. The van der Waals surface area contributed by atoms with Crippen molar-refractivity contribution >= 4 is 5.82 Å². The van der Waals surface area contributed by atoms with Crippen LogP contribution in [0.25, 0.3) is 0 Å². The molecular formula is C15H25N3. The summed E-state index contributed by atoms with van der Waals surface area (Å²) in [6, 6.07) is 2.19. The molecule has 0 bridgehead atoms. The van der Waals surface area contributed by atoms with Crippen LogP contribution in [0.5, 0.6) is 0 Å². The molecular weight excluding hydrogens is 222 g/mol. The van der Waals surface area contributed by atoms with E-state index >= 15 is 0 Å². The number of nitrogens with zero attached hydrogens (tertiary/aromatic N) is 2. The number of hydrogen-bond donors (Lipinski definition) is 1. The van der Waals surface area contributed by atoms with Gasteiger partial charge in [0.1, 0.15) is 5.82 Å². The smallest absolute Gasteiger partial charge is 0.133 e. The average Bonchev–Trinajstić information content (AvgIpc) is 2.38. The molecule has 1 fully saturated rings. The zero-order chi connectivity index (χ0) is 13.0. The van der Waals surface area contributed by atoms with Crippen LogP contribution < -0.4 is 10.2 Å². The minimum absolute atomic E-state index is 0.932. The molecule has 18 heavy (non-hydrogen) atoms. The van der Waals surface area contributed by atoms with E-state index in [2.05, 4.69) is 37.1 Å². The molecule has 1 N–H and O–H groups in total. The topological polar surface area (TPSA) is 28.2 Å². The number of nitrogens with one attached hydrogen (secondary N) is 1. The van der Waals surface area contributed by atoms with Crippen molar-refractivity contribution in [2.24, 2.45) is 0 Å². The van der Waals surface area contributed by atoms with Gasteiger partial charge in [-0.2, -0.15) is 0 Å². The number of anilines is 1. The molecule has 2 heterocycles. The molecule has 0 atom stereocenters. The molecule has 0 unspecified atom stereocenters. The van der Waals surface area contributed by atoms with Gasteiger partial charge in [0, 0.05) is 30.9 Å². The van der Waals surface area contributed by atoms with Crippen molar-refractivity contribution in [3.8, 4) is 0 Å². The van der Waals surface area contributed by atoms with Gasteiger partial charge >= 0.3 is 0 Å². The first-order valence-electron chi connectivity index (χ1n) is 7.15. The summed E-state index contributed by atoms with van der Waals surface area (Å²) in [7, 11) is 0. The standard InChI is InChI=1S/C15H25N3/c1-4-16-11-14-12(2)10-13(3)17-15(14)18-8-6-5-7-9-18/h10,16H,4-9,11H2,1-3H3. The van der Waals surface area contributed by atoms with Crippen LogP contribution in [0.3, 0.4) is 0 Å². The highest BCUT2D eigenvalue weighted by molar-refractivity contribution is 5.51. The molecule has 1 aromatic rings. The number of aryl methyl sites for hydroxylation is 2. The second-order valence-electron chi connectivity index (χ2n) is 5.21. The average molecular weight is 247 g/mol. The molecule has 0 spiro atoms. The Labute approximate surface area is 111 Å². The summed E-state index contributed by atoms with van der Waals surface area (Å²) in [5.41, 5.74) is 3.88. The fourth-order valence-electron chi connectivity index (χ4n) is 2.68. The highest BCUT2D eigenvalue weighted by atomic mass is 15.2. The first-order valence-corrected chi connectivity index (χ1v) is 7.15. The summed E-state index contributed by atoms with van der Waals surface area (Å²) in [4.78, 5) is 7.26. The molecule has 3 heteroatoms. The van der Waals surface area contributed by atoms with Gasteiger partial charge in [-0.25, -0.2) is 4.98 Å². The third kappa shape index (κ3) is 3.02. The molecule has 0 saturated carbocycles. The van der Waals surface area contributed by atoms with Crippen LogP contribution in [0.1, 0.15) is 43.0 Å². The quantitative estimate of drug-likeness (QED) is 0.887. The molecule has 100 valence electrons. The molecule has 0 amide bonds. The van der Waals surface area contributed by atoms with Crippen molar-refractivity contribution in [2.45, 2.75) is 46.6 Å². The molecule has 1 aromatic heterocycles. The van der Waals surface area contributed by atoms with E-state index in [1.165, 1.54) is 36.2 Å². The highest BCUT2D eigenvalue weighted by Gasteiger charge is 2.17. The molecule has 0 aliphatic carbocycles. The maximum Gasteiger partial charge on any atom is 0.133 e. The lowest BCUT2D eigenvalue weighted by Crippen LogP contribution is -2.32. The zero-order valence-electron chi connectivity index (χ0n) is 11.9. The predicted molar refractivity (Wildman–Crippen MR) is 77.2 cm³/mol. The van der Waals surface area contributed by atoms with Crippen LogP contribution in [0, 0.1) is 13.8 Å². The molecule has 3 nitrogen and oxygen atoms in total. The highest BCUT2D eigenvalue weighted by Crippen LogP contribution is 2.25. The Bertz CT molecular complexity index is 395. The summed E-state index contributed by atoms with van der Waals surface area (Å²) >= 11 is 0. The van der Waals surface area contributed by atoms with Crippen molar-refractivity contribution in [3.63, 3.8) is 0 Å². The SMILES string of the molecule is CCNCc1c(C)cc(C)nc1N1CCCCC1. The second kappa shape index (κ2) is 6.19. The number of piperidine rings is 1. The molecule has 1 saturated heterocycles.